The number of hydrogen-bond acceptors (Lipinski definition) is 5. The van der Waals surface area contributed by atoms with Gasteiger partial charge in [0.2, 0.25) is 0 Å². The molecule has 0 aliphatic carbocycles. The maximum Gasteiger partial charge on any atom is 0.275 e. The highest BCUT2D eigenvalue weighted by Gasteiger charge is 2.51. The number of furan rings is 2. The first-order chi connectivity index (χ1) is 12.3. The van der Waals surface area contributed by atoms with Crippen LogP contribution in [0.1, 0.15) is 23.1 Å². The maximum atomic E-state index is 12.5. The van der Waals surface area contributed by atoms with E-state index in [1.54, 1.807) is 30.7 Å². The fraction of sp³-hybridized carbons (Fsp3) is 0.158. The second-order valence-electron chi connectivity index (χ2n) is 5.62. The van der Waals surface area contributed by atoms with E-state index in [9.17, 15) is 4.79 Å². The third-order valence-corrected chi connectivity index (χ3v) is 3.98. The Morgan fingerprint density at radius 2 is 1.84 bits per heavy atom. The Labute approximate surface area is 144 Å². The van der Waals surface area contributed by atoms with E-state index in [4.69, 9.17) is 13.6 Å². The SMILES string of the molecule is O=C1[C@H](OCc2ccccc2)[C@H](c2ccco2)N1/N=C/c1ccco1. The van der Waals surface area contributed by atoms with Crippen molar-refractivity contribution < 1.29 is 18.4 Å². The molecule has 126 valence electrons. The highest BCUT2D eigenvalue weighted by molar-refractivity contribution is 5.90. The zero-order valence-corrected chi connectivity index (χ0v) is 13.3. The van der Waals surface area contributed by atoms with Gasteiger partial charge in [0, 0.05) is 0 Å². The molecule has 1 saturated heterocycles. The zero-order valence-electron chi connectivity index (χ0n) is 13.3. The standard InChI is InChI=1S/C19H16N2O4/c22-19-18(25-13-14-6-2-1-3-7-14)17(16-9-5-11-24-16)21(19)20-12-15-8-4-10-23-15/h1-12,17-18H,13H2/b20-12+/t17-,18+/m0/s1. The molecule has 1 aliphatic rings. The molecule has 2 atom stereocenters. The van der Waals surface area contributed by atoms with Crippen molar-refractivity contribution in [2.45, 2.75) is 18.8 Å². The van der Waals surface area contributed by atoms with Gasteiger partial charge in [-0.05, 0) is 29.8 Å². The number of amides is 1. The lowest BCUT2D eigenvalue weighted by Crippen LogP contribution is -2.57. The summed E-state index contributed by atoms with van der Waals surface area (Å²) in [4.78, 5) is 12.5. The molecule has 2 aromatic heterocycles. The highest BCUT2D eigenvalue weighted by Crippen LogP contribution is 2.38. The van der Waals surface area contributed by atoms with Crippen LogP contribution in [0.25, 0.3) is 0 Å². The second-order valence-corrected chi connectivity index (χ2v) is 5.62. The van der Waals surface area contributed by atoms with E-state index >= 15 is 0 Å². The lowest BCUT2D eigenvalue weighted by atomic mass is 9.98. The van der Waals surface area contributed by atoms with E-state index in [2.05, 4.69) is 5.10 Å². The average molecular weight is 336 g/mol. The molecule has 6 heteroatoms. The first kappa shape index (κ1) is 15.4. The minimum Gasteiger partial charge on any atom is -0.467 e. The summed E-state index contributed by atoms with van der Waals surface area (Å²) in [6.45, 7) is 0.351. The molecule has 25 heavy (non-hydrogen) atoms. The zero-order chi connectivity index (χ0) is 17.1. The molecule has 0 bridgehead atoms. The van der Waals surface area contributed by atoms with Gasteiger partial charge in [-0.3, -0.25) is 4.79 Å². The van der Waals surface area contributed by atoms with Crippen molar-refractivity contribution in [3.8, 4) is 0 Å². The van der Waals surface area contributed by atoms with Crippen molar-refractivity contribution in [1.29, 1.82) is 0 Å². The number of carbonyl (C=O) groups excluding carboxylic acids is 1. The number of carbonyl (C=O) groups is 1. The summed E-state index contributed by atoms with van der Waals surface area (Å²) >= 11 is 0. The Balaban J connectivity index is 1.50. The van der Waals surface area contributed by atoms with Gasteiger partial charge in [-0.1, -0.05) is 30.3 Å². The van der Waals surface area contributed by atoms with Gasteiger partial charge in [0.1, 0.15) is 17.6 Å². The lowest BCUT2D eigenvalue weighted by molar-refractivity contribution is -0.178. The number of nitrogens with zero attached hydrogens (tertiary/aromatic N) is 2. The summed E-state index contributed by atoms with van der Waals surface area (Å²) < 4.78 is 16.5. The molecule has 0 unspecified atom stereocenters. The van der Waals surface area contributed by atoms with E-state index in [1.807, 2.05) is 36.4 Å². The summed E-state index contributed by atoms with van der Waals surface area (Å²) in [5.41, 5.74) is 1.01. The van der Waals surface area contributed by atoms with Crippen LogP contribution in [-0.4, -0.2) is 23.2 Å². The average Bonchev–Trinajstić information content (AvgIpc) is 3.34. The van der Waals surface area contributed by atoms with E-state index in [0.29, 0.717) is 18.1 Å². The van der Waals surface area contributed by atoms with Gasteiger partial charge in [0.15, 0.2) is 6.10 Å². The van der Waals surface area contributed by atoms with Crippen LogP contribution in [0.15, 0.2) is 81.1 Å². The summed E-state index contributed by atoms with van der Waals surface area (Å²) in [6, 6.07) is 16.4. The quantitative estimate of drug-likeness (QED) is 0.511. The predicted octanol–water partition coefficient (Wildman–Crippen LogP) is 3.38. The summed E-state index contributed by atoms with van der Waals surface area (Å²) in [6.07, 6.45) is 4.00. The Morgan fingerprint density at radius 3 is 2.56 bits per heavy atom. The molecule has 0 radical (unpaired) electrons. The van der Waals surface area contributed by atoms with Crippen molar-refractivity contribution in [2.24, 2.45) is 5.10 Å². The molecule has 0 N–H and O–H groups in total. The largest absolute Gasteiger partial charge is 0.467 e. The van der Waals surface area contributed by atoms with E-state index in [1.165, 1.54) is 11.2 Å². The Kier molecular flexibility index (Phi) is 4.18. The smallest absolute Gasteiger partial charge is 0.275 e. The van der Waals surface area contributed by atoms with Gasteiger partial charge in [-0.2, -0.15) is 5.10 Å². The molecule has 1 amide bonds. The van der Waals surface area contributed by atoms with Gasteiger partial charge in [0.25, 0.3) is 5.91 Å². The number of rotatable bonds is 6. The normalized spacial score (nSPS) is 20.2. The van der Waals surface area contributed by atoms with Crippen LogP contribution >= 0.6 is 0 Å². The third kappa shape index (κ3) is 3.12. The van der Waals surface area contributed by atoms with E-state index in [-0.39, 0.29) is 5.91 Å². The topological polar surface area (TPSA) is 68.2 Å². The van der Waals surface area contributed by atoms with Gasteiger partial charge in [-0.15, -0.1) is 0 Å². The molecule has 1 aromatic carbocycles. The van der Waals surface area contributed by atoms with Crippen LogP contribution in [0.3, 0.4) is 0 Å². The molecule has 3 aromatic rings. The minimum atomic E-state index is -0.625. The Hall–Kier alpha value is -3.12. The molecule has 6 nitrogen and oxygen atoms in total. The maximum absolute atomic E-state index is 12.5. The van der Waals surface area contributed by atoms with E-state index < -0.39 is 12.1 Å². The van der Waals surface area contributed by atoms with Crippen molar-refractivity contribution in [1.82, 2.24) is 5.01 Å². The first-order valence-corrected chi connectivity index (χ1v) is 7.92. The van der Waals surface area contributed by atoms with Gasteiger partial charge in [0.05, 0.1) is 25.3 Å². The van der Waals surface area contributed by atoms with Crippen LogP contribution < -0.4 is 0 Å². The second kappa shape index (κ2) is 6.78. The lowest BCUT2D eigenvalue weighted by Gasteiger charge is -2.41. The number of hydrogen-bond donors (Lipinski definition) is 0. The van der Waals surface area contributed by atoms with Crippen molar-refractivity contribution in [2.75, 3.05) is 0 Å². The molecule has 4 rings (SSSR count). The molecule has 1 aliphatic heterocycles. The fourth-order valence-corrected chi connectivity index (χ4v) is 2.71. The number of β-lactam (4-membered cyclic amide) rings is 1. The summed E-state index contributed by atoms with van der Waals surface area (Å²) in [7, 11) is 0. The van der Waals surface area contributed by atoms with Crippen LogP contribution in [0, 0.1) is 0 Å². The molecular weight excluding hydrogens is 320 g/mol. The van der Waals surface area contributed by atoms with Crippen LogP contribution in [0.2, 0.25) is 0 Å². The van der Waals surface area contributed by atoms with Crippen molar-refractivity contribution >= 4 is 12.1 Å². The number of hydrazone groups is 1. The Bertz CT molecular complexity index is 841. The predicted molar refractivity (Wildman–Crippen MR) is 89.6 cm³/mol. The molecular formula is C19H16N2O4. The number of benzene rings is 1. The first-order valence-electron chi connectivity index (χ1n) is 7.92. The molecule has 1 fully saturated rings. The van der Waals surface area contributed by atoms with E-state index in [0.717, 1.165) is 5.56 Å². The van der Waals surface area contributed by atoms with Crippen LogP contribution in [-0.2, 0) is 16.1 Å². The van der Waals surface area contributed by atoms with Crippen LogP contribution in [0.5, 0.6) is 0 Å². The van der Waals surface area contributed by atoms with Crippen molar-refractivity contribution in [3.05, 3.63) is 84.2 Å². The Morgan fingerprint density at radius 1 is 1.04 bits per heavy atom. The molecule has 0 saturated carbocycles. The fourth-order valence-electron chi connectivity index (χ4n) is 2.71. The molecule has 0 spiro atoms. The highest BCUT2D eigenvalue weighted by atomic mass is 16.5. The molecule has 3 heterocycles. The number of ether oxygens (including phenoxy) is 1. The monoisotopic (exact) mass is 336 g/mol. The van der Waals surface area contributed by atoms with Gasteiger partial charge < -0.3 is 13.6 Å². The van der Waals surface area contributed by atoms with Crippen LogP contribution in [0.4, 0.5) is 0 Å². The van der Waals surface area contributed by atoms with Gasteiger partial charge >= 0.3 is 0 Å². The van der Waals surface area contributed by atoms with Crippen molar-refractivity contribution in [3.63, 3.8) is 0 Å². The summed E-state index contributed by atoms with van der Waals surface area (Å²) in [5.74, 6) is 0.994. The third-order valence-electron chi connectivity index (χ3n) is 3.98. The summed E-state index contributed by atoms with van der Waals surface area (Å²) in [5, 5.41) is 5.58. The van der Waals surface area contributed by atoms with Gasteiger partial charge in [-0.25, -0.2) is 5.01 Å². The minimum absolute atomic E-state index is 0.208.